The SMILES string of the molecule is CC(CC(=O)O)Cc1cc(F)cc(Br)c1. The highest BCUT2D eigenvalue weighted by molar-refractivity contribution is 9.10. The molecule has 0 heterocycles. The summed E-state index contributed by atoms with van der Waals surface area (Å²) < 4.78 is 13.7. The molecule has 15 heavy (non-hydrogen) atoms. The van der Waals surface area contributed by atoms with Crippen LogP contribution in [0.25, 0.3) is 0 Å². The number of halogens is 2. The summed E-state index contributed by atoms with van der Waals surface area (Å²) in [6, 6.07) is 4.62. The largest absolute Gasteiger partial charge is 0.481 e. The highest BCUT2D eigenvalue weighted by Crippen LogP contribution is 2.18. The van der Waals surface area contributed by atoms with E-state index in [0.717, 1.165) is 5.56 Å². The maximum Gasteiger partial charge on any atom is 0.303 e. The Morgan fingerprint density at radius 3 is 2.73 bits per heavy atom. The van der Waals surface area contributed by atoms with Crippen molar-refractivity contribution in [2.75, 3.05) is 0 Å². The summed E-state index contributed by atoms with van der Waals surface area (Å²) in [5, 5.41) is 8.59. The Bertz CT molecular complexity index is 345. The van der Waals surface area contributed by atoms with E-state index >= 15 is 0 Å². The molecule has 1 unspecified atom stereocenters. The molecular formula is C11H12BrFO2. The van der Waals surface area contributed by atoms with Gasteiger partial charge in [0.25, 0.3) is 0 Å². The topological polar surface area (TPSA) is 37.3 Å². The van der Waals surface area contributed by atoms with Crippen LogP contribution in [0.1, 0.15) is 18.9 Å². The van der Waals surface area contributed by atoms with Crippen LogP contribution in [0.15, 0.2) is 22.7 Å². The van der Waals surface area contributed by atoms with Gasteiger partial charge >= 0.3 is 5.97 Å². The standard InChI is InChI=1S/C11H12BrFO2/c1-7(3-11(14)15)2-8-4-9(12)6-10(13)5-8/h4-7H,2-3H2,1H3,(H,14,15). The Morgan fingerprint density at radius 1 is 1.53 bits per heavy atom. The Labute approximate surface area is 96.2 Å². The summed E-state index contributed by atoms with van der Waals surface area (Å²) in [6.07, 6.45) is 0.677. The zero-order valence-electron chi connectivity index (χ0n) is 8.34. The number of carboxylic acid groups (broad SMARTS) is 1. The minimum atomic E-state index is -0.821. The zero-order valence-corrected chi connectivity index (χ0v) is 9.92. The smallest absolute Gasteiger partial charge is 0.303 e. The zero-order chi connectivity index (χ0) is 11.4. The lowest BCUT2D eigenvalue weighted by atomic mass is 9.98. The van der Waals surface area contributed by atoms with Crippen molar-refractivity contribution in [3.05, 3.63) is 34.1 Å². The third-order valence-corrected chi connectivity index (χ3v) is 2.49. The molecule has 1 aromatic carbocycles. The van der Waals surface area contributed by atoms with Crippen molar-refractivity contribution < 1.29 is 14.3 Å². The Morgan fingerprint density at radius 2 is 2.20 bits per heavy atom. The van der Waals surface area contributed by atoms with Crippen LogP contribution in [-0.4, -0.2) is 11.1 Å². The van der Waals surface area contributed by atoms with E-state index in [9.17, 15) is 9.18 Å². The van der Waals surface area contributed by atoms with Gasteiger partial charge in [-0.1, -0.05) is 22.9 Å². The Balaban J connectivity index is 2.67. The minimum Gasteiger partial charge on any atom is -0.481 e. The molecule has 1 N–H and O–H groups in total. The van der Waals surface area contributed by atoms with Crippen molar-refractivity contribution >= 4 is 21.9 Å². The van der Waals surface area contributed by atoms with Crippen molar-refractivity contribution in [1.29, 1.82) is 0 Å². The first-order chi connectivity index (χ1) is 6.97. The predicted molar refractivity (Wildman–Crippen MR) is 59.2 cm³/mol. The Kier molecular flexibility index (Phi) is 4.27. The van der Waals surface area contributed by atoms with E-state index in [1.54, 1.807) is 6.07 Å². The van der Waals surface area contributed by atoms with E-state index in [0.29, 0.717) is 10.9 Å². The molecule has 1 aromatic rings. The molecule has 0 radical (unpaired) electrons. The summed E-state index contributed by atoms with van der Waals surface area (Å²) in [4.78, 5) is 10.5. The number of hydrogen-bond acceptors (Lipinski definition) is 1. The second-order valence-electron chi connectivity index (χ2n) is 3.68. The molecule has 0 aliphatic heterocycles. The van der Waals surface area contributed by atoms with E-state index in [1.807, 2.05) is 6.92 Å². The van der Waals surface area contributed by atoms with Gasteiger partial charge in [-0.3, -0.25) is 4.79 Å². The summed E-state index contributed by atoms with van der Waals surface area (Å²) in [7, 11) is 0. The fourth-order valence-electron chi connectivity index (χ4n) is 1.50. The maximum atomic E-state index is 13.0. The molecule has 0 bridgehead atoms. The molecule has 0 saturated carbocycles. The average molecular weight is 275 g/mol. The van der Waals surface area contributed by atoms with Crippen molar-refractivity contribution in [2.24, 2.45) is 5.92 Å². The fourth-order valence-corrected chi connectivity index (χ4v) is 2.01. The molecule has 0 spiro atoms. The van der Waals surface area contributed by atoms with Crippen LogP contribution in [0.4, 0.5) is 4.39 Å². The monoisotopic (exact) mass is 274 g/mol. The van der Waals surface area contributed by atoms with Crippen molar-refractivity contribution in [3.63, 3.8) is 0 Å². The number of carbonyl (C=O) groups is 1. The van der Waals surface area contributed by atoms with Crippen molar-refractivity contribution in [1.82, 2.24) is 0 Å². The van der Waals surface area contributed by atoms with Crippen LogP contribution in [0.3, 0.4) is 0 Å². The summed E-state index contributed by atoms with van der Waals surface area (Å²) in [5.74, 6) is -1.11. The molecule has 1 atom stereocenters. The van der Waals surface area contributed by atoms with Crippen LogP contribution >= 0.6 is 15.9 Å². The molecule has 1 rings (SSSR count). The number of aliphatic carboxylic acids is 1. The van der Waals surface area contributed by atoms with Gasteiger partial charge in [0.2, 0.25) is 0 Å². The van der Waals surface area contributed by atoms with Gasteiger partial charge < -0.3 is 5.11 Å². The number of hydrogen-bond donors (Lipinski definition) is 1. The van der Waals surface area contributed by atoms with Crippen LogP contribution in [0.5, 0.6) is 0 Å². The van der Waals surface area contributed by atoms with Gasteiger partial charge in [-0.05, 0) is 36.1 Å². The molecule has 4 heteroatoms. The molecule has 0 saturated heterocycles. The van der Waals surface area contributed by atoms with Crippen LogP contribution in [0.2, 0.25) is 0 Å². The molecular weight excluding hydrogens is 263 g/mol. The number of benzene rings is 1. The maximum absolute atomic E-state index is 13.0. The average Bonchev–Trinajstić information content (AvgIpc) is 1.98. The van der Waals surface area contributed by atoms with Gasteiger partial charge in [-0.15, -0.1) is 0 Å². The normalized spacial score (nSPS) is 12.5. The van der Waals surface area contributed by atoms with E-state index in [-0.39, 0.29) is 18.2 Å². The van der Waals surface area contributed by atoms with Gasteiger partial charge in [0.15, 0.2) is 0 Å². The summed E-state index contributed by atoms with van der Waals surface area (Å²) in [6.45, 7) is 1.84. The predicted octanol–water partition coefficient (Wildman–Crippen LogP) is 3.24. The van der Waals surface area contributed by atoms with Gasteiger partial charge in [-0.2, -0.15) is 0 Å². The van der Waals surface area contributed by atoms with Crippen molar-refractivity contribution in [2.45, 2.75) is 19.8 Å². The highest BCUT2D eigenvalue weighted by Gasteiger charge is 2.09. The van der Waals surface area contributed by atoms with Crippen LogP contribution in [-0.2, 0) is 11.2 Å². The van der Waals surface area contributed by atoms with Gasteiger partial charge in [-0.25, -0.2) is 4.39 Å². The first kappa shape index (κ1) is 12.2. The lowest BCUT2D eigenvalue weighted by Gasteiger charge is -2.08. The lowest BCUT2D eigenvalue weighted by Crippen LogP contribution is -2.07. The number of carboxylic acids is 1. The van der Waals surface area contributed by atoms with E-state index in [1.165, 1.54) is 12.1 Å². The van der Waals surface area contributed by atoms with Gasteiger partial charge in [0, 0.05) is 10.9 Å². The first-order valence-electron chi connectivity index (χ1n) is 4.64. The molecule has 0 amide bonds. The van der Waals surface area contributed by atoms with E-state index in [2.05, 4.69) is 15.9 Å². The molecule has 2 nitrogen and oxygen atoms in total. The van der Waals surface area contributed by atoms with Crippen molar-refractivity contribution in [3.8, 4) is 0 Å². The molecule has 0 aliphatic rings. The molecule has 82 valence electrons. The quantitative estimate of drug-likeness (QED) is 0.915. The third-order valence-electron chi connectivity index (χ3n) is 2.03. The summed E-state index contributed by atoms with van der Waals surface area (Å²) in [5.41, 5.74) is 0.815. The number of rotatable bonds is 4. The molecule has 0 fully saturated rings. The van der Waals surface area contributed by atoms with E-state index in [4.69, 9.17) is 5.11 Å². The molecule has 0 aromatic heterocycles. The summed E-state index contributed by atoms with van der Waals surface area (Å²) >= 11 is 3.20. The third kappa shape index (κ3) is 4.42. The van der Waals surface area contributed by atoms with Crippen LogP contribution < -0.4 is 0 Å². The van der Waals surface area contributed by atoms with E-state index < -0.39 is 5.97 Å². The second kappa shape index (κ2) is 5.26. The minimum absolute atomic E-state index is 0.0104. The highest BCUT2D eigenvalue weighted by atomic mass is 79.9. The van der Waals surface area contributed by atoms with Crippen LogP contribution in [0, 0.1) is 11.7 Å². The lowest BCUT2D eigenvalue weighted by molar-refractivity contribution is -0.137. The molecule has 0 aliphatic carbocycles. The van der Waals surface area contributed by atoms with Gasteiger partial charge in [0.05, 0.1) is 0 Å². The fraction of sp³-hybridized carbons (Fsp3) is 0.364. The second-order valence-corrected chi connectivity index (χ2v) is 4.60. The first-order valence-corrected chi connectivity index (χ1v) is 5.43. The Hall–Kier alpha value is -0.900. The van der Waals surface area contributed by atoms with Gasteiger partial charge in [0.1, 0.15) is 5.82 Å².